The molecule has 2 nitrogen and oxygen atoms in total. The Kier molecular flexibility index (Phi) is 6.03. The highest BCUT2D eigenvalue weighted by molar-refractivity contribution is 4.99. The van der Waals surface area contributed by atoms with Crippen LogP contribution in [-0.4, -0.2) is 22.4 Å². The first-order valence-electron chi connectivity index (χ1n) is 4.61. The maximum Gasteiger partial charge on any atom is 0.0719 e. The average molecular weight is 172 g/mol. The van der Waals surface area contributed by atoms with Gasteiger partial charge in [-0.2, -0.15) is 0 Å². The highest BCUT2D eigenvalue weighted by atomic mass is 16.3. The summed E-state index contributed by atoms with van der Waals surface area (Å²) >= 11 is 0. The zero-order valence-corrected chi connectivity index (χ0v) is 8.08. The van der Waals surface area contributed by atoms with Crippen LogP contribution in [0.25, 0.3) is 0 Å². The summed E-state index contributed by atoms with van der Waals surface area (Å²) in [4.78, 5) is 0. The van der Waals surface area contributed by atoms with Crippen molar-refractivity contribution in [3.8, 4) is 0 Å². The molecular weight excluding hydrogens is 152 g/mol. The summed E-state index contributed by atoms with van der Waals surface area (Å²) in [5.41, 5.74) is 0.860. The van der Waals surface area contributed by atoms with Gasteiger partial charge in [0.2, 0.25) is 0 Å². The Morgan fingerprint density at radius 2 is 2.00 bits per heavy atom. The fourth-order valence-electron chi connectivity index (χ4n) is 0.978. The Morgan fingerprint density at radius 1 is 1.42 bits per heavy atom. The smallest absolute Gasteiger partial charge is 0.0719 e. The summed E-state index contributed by atoms with van der Waals surface area (Å²) < 4.78 is 0. The van der Waals surface area contributed by atoms with Crippen molar-refractivity contribution in [1.82, 2.24) is 0 Å². The summed E-state index contributed by atoms with van der Waals surface area (Å²) in [6.07, 6.45) is 2.74. The van der Waals surface area contributed by atoms with E-state index in [0.717, 1.165) is 31.3 Å². The first-order chi connectivity index (χ1) is 5.57. The van der Waals surface area contributed by atoms with Crippen molar-refractivity contribution in [2.75, 3.05) is 0 Å². The predicted octanol–water partition coefficient (Wildman–Crippen LogP) is 1.86. The number of aliphatic hydroxyl groups is 2. The van der Waals surface area contributed by atoms with Gasteiger partial charge in [0.15, 0.2) is 0 Å². The van der Waals surface area contributed by atoms with E-state index in [9.17, 15) is 5.11 Å². The molecule has 0 spiro atoms. The second-order valence-corrected chi connectivity index (χ2v) is 3.29. The van der Waals surface area contributed by atoms with Crippen LogP contribution in [0.4, 0.5) is 0 Å². The number of hydrogen-bond acceptors (Lipinski definition) is 2. The van der Waals surface area contributed by atoms with Gasteiger partial charge in [-0.1, -0.05) is 13.5 Å². The van der Waals surface area contributed by atoms with Gasteiger partial charge in [-0.25, -0.2) is 0 Å². The van der Waals surface area contributed by atoms with E-state index in [4.69, 9.17) is 5.11 Å². The van der Waals surface area contributed by atoms with Crippen molar-refractivity contribution < 1.29 is 10.2 Å². The first kappa shape index (κ1) is 11.7. The highest BCUT2D eigenvalue weighted by Crippen LogP contribution is 2.11. The Hall–Kier alpha value is -0.340. The van der Waals surface area contributed by atoms with Crippen LogP contribution in [-0.2, 0) is 0 Å². The van der Waals surface area contributed by atoms with E-state index in [2.05, 4.69) is 6.58 Å². The third-order valence-electron chi connectivity index (χ3n) is 2.10. The van der Waals surface area contributed by atoms with E-state index in [1.807, 2.05) is 6.92 Å². The Labute approximate surface area is 74.9 Å². The van der Waals surface area contributed by atoms with Crippen molar-refractivity contribution in [2.24, 2.45) is 0 Å². The minimum absolute atomic E-state index is 0.188. The molecule has 2 N–H and O–H groups in total. The van der Waals surface area contributed by atoms with Crippen LogP contribution in [0.2, 0.25) is 0 Å². The van der Waals surface area contributed by atoms with Gasteiger partial charge in [0.1, 0.15) is 0 Å². The SMILES string of the molecule is C=C(CCCC(O)CC)C(C)O. The lowest BCUT2D eigenvalue weighted by molar-refractivity contribution is 0.156. The van der Waals surface area contributed by atoms with Crippen LogP contribution in [0.1, 0.15) is 39.5 Å². The van der Waals surface area contributed by atoms with Crippen molar-refractivity contribution >= 4 is 0 Å². The third kappa shape index (κ3) is 5.33. The normalized spacial score (nSPS) is 15.7. The quantitative estimate of drug-likeness (QED) is 0.600. The molecular formula is C10H20O2. The molecule has 0 aromatic heterocycles. The summed E-state index contributed by atoms with van der Waals surface area (Å²) in [7, 11) is 0. The molecule has 2 unspecified atom stereocenters. The van der Waals surface area contributed by atoms with Crippen LogP contribution in [0, 0.1) is 0 Å². The van der Waals surface area contributed by atoms with Crippen molar-refractivity contribution in [3.05, 3.63) is 12.2 Å². The van der Waals surface area contributed by atoms with Gasteiger partial charge in [-0.3, -0.25) is 0 Å². The van der Waals surface area contributed by atoms with E-state index >= 15 is 0 Å². The summed E-state index contributed by atoms with van der Waals surface area (Å²) in [6, 6.07) is 0. The largest absolute Gasteiger partial charge is 0.393 e. The molecule has 12 heavy (non-hydrogen) atoms. The maximum atomic E-state index is 9.22. The summed E-state index contributed by atoms with van der Waals surface area (Å²) in [6.45, 7) is 7.43. The topological polar surface area (TPSA) is 40.5 Å². The fourth-order valence-corrected chi connectivity index (χ4v) is 0.978. The molecule has 0 amide bonds. The second-order valence-electron chi connectivity index (χ2n) is 3.29. The molecule has 0 radical (unpaired) electrons. The lowest BCUT2D eigenvalue weighted by Gasteiger charge is -2.10. The minimum atomic E-state index is -0.413. The van der Waals surface area contributed by atoms with Gasteiger partial charge >= 0.3 is 0 Å². The molecule has 0 aliphatic heterocycles. The van der Waals surface area contributed by atoms with Crippen molar-refractivity contribution in [2.45, 2.75) is 51.7 Å². The molecule has 0 bridgehead atoms. The van der Waals surface area contributed by atoms with Crippen LogP contribution in [0.3, 0.4) is 0 Å². The van der Waals surface area contributed by atoms with Crippen LogP contribution < -0.4 is 0 Å². The zero-order valence-electron chi connectivity index (χ0n) is 8.08. The lowest BCUT2D eigenvalue weighted by Crippen LogP contribution is -2.07. The Balaban J connectivity index is 3.37. The fraction of sp³-hybridized carbons (Fsp3) is 0.800. The monoisotopic (exact) mass is 172 g/mol. The van der Waals surface area contributed by atoms with Gasteiger partial charge in [0, 0.05) is 0 Å². The molecule has 0 rings (SSSR count). The number of rotatable bonds is 6. The van der Waals surface area contributed by atoms with E-state index in [1.165, 1.54) is 0 Å². The van der Waals surface area contributed by atoms with E-state index in [0.29, 0.717) is 0 Å². The van der Waals surface area contributed by atoms with Crippen LogP contribution in [0.5, 0.6) is 0 Å². The molecule has 72 valence electrons. The molecule has 0 saturated carbocycles. The van der Waals surface area contributed by atoms with Gasteiger partial charge in [0.25, 0.3) is 0 Å². The van der Waals surface area contributed by atoms with E-state index in [1.54, 1.807) is 6.92 Å². The second kappa shape index (κ2) is 6.21. The third-order valence-corrected chi connectivity index (χ3v) is 2.10. The minimum Gasteiger partial charge on any atom is -0.393 e. The number of aliphatic hydroxyl groups excluding tert-OH is 2. The first-order valence-corrected chi connectivity index (χ1v) is 4.61. The maximum absolute atomic E-state index is 9.22. The molecule has 0 aromatic rings. The molecule has 0 fully saturated rings. The Morgan fingerprint density at radius 3 is 2.42 bits per heavy atom. The van der Waals surface area contributed by atoms with E-state index < -0.39 is 6.10 Å². The molecule has 0 aromatic carbocycles. The standard InChI is InChI=1S/C10H20O2/c1-4-10(12)7-5-6-8(2)9(3)11/h9-12H,2,4-7H2,1,3H3. The predicted molar refractivity (Wildman–Crippen MR) is 51.0 cm³/mol. The van der Waals surface area contributed by atoms with E-state index in [-0.39, 0.29) is 6.10 Å². The Bertz CT molecular complexity index is 130. The van der Waals surface area contributed by atoms with Crippen molar-refractivity contribution in [3.63, 3.8) is 0 Å². The molecule has 2 atom stereocenters. The van der Waals surface area contributed by atoms with Crippen LogP contribution >= 0.6 is 0 Å². The van der Waals surface area contributed by atoms with Crippen LogP contribution in [0.15, 0.2) is 12.2 Å². The van der Waals surface area contributed by atoms with Gasteiger partial charge in [0.05, 0.1) is 12.2 Å². The molecule has 0 heterocycles. The summed E-state index contributed by atoms with van der Waals surface area (Å²) in [5.74, 6) is 0. The number of hydrogen-bond donors (Lipinski definition) is 2. The van der Waals surface area contributed by atoms with Gasteiger partial charge in [-0.15, -0.1) is 0 Å². The van der Waals surface area contributed by atoms with Crippen molar-refractivity contribution in [1.29, 1.82) is 0 Å². The lowest BCUT2D eigenvalue weighted by atomic mass is 10.0. The summed E-state index contributed by atoms with van der Waals surface area (Å²) in [5, 5.41) is 18.3. The molecule has 0 aliphatic rings. The van der Waals surface area contributed by atoms with Gasteiger partial charge in [-0.05, 0) is 38.2 Å². The van der Waals surface area contributed by atoms with Gasteiger partial charge < -0.3 is 10.2 Å². The highest BCUT2D eigenvalue weighted by Gasteiger charge is 2.04. The molecule has 0 aliphatic carbocycles. The average Bonchev–Trinajstić information content (AvgIpc) is 2.03. The molecule has 0 saturated heterocycles. The zero-order chi connectivity index (χ0) is 9.56. The molecule has 2 heteroatoms.